The summed E-state index contributed by atoms with van der Waals surface area (Å²) in [5.74, 6) is 0.911. The molecule has 19 heavy (non-hydrogen) atoms. The Kier molecular flexibility index (Phi) is 2.78. The molecule has 0 atom stereocenters. The number of nitrogen functional groups attached to an aromatic ring is 1. The van der Waals surface area contributed by atoms with Crippen LogP contribution in [0.5, 0.6) is 0 Å². The molecule has 0 spiro atoms. The van der Waals surface area contributed by atoms with E-state index in [0.717, 1.165) is 31.1 Å². The molecule has 0 bridgehead atoms. The molecule has 0 unspecified atom stereocenters. The molecule has 7 nitrogen and oxygen atoms in total. The number of aliphatic hydroxyl groups is 1. The molecule has 2 aromatic rings. The lowest BCUT2D eigenvalue weighted by atomic mass is 10.0. The SMILES string of the molecule is CN(CC1(O)CCCC1)c1nc(N)nc2[nH]ncc12. The smallest absolute Gasteiger partial charge is 0.224 e. The Balaban J connectivity index is 1.92. The Morgan fingerprint density at radius 2 is 2.16 bits per heavy atom. The largest absolute Gasteiger partial charge is 0.388 e. The van der Waals surface area contributed by atoms with Crippen LogP contribution in [-0.4, -0.2) is 44.5 Å². The van der Waals surface area contributed by atoms with Crippen molar-refractivity contribution in [1.29, 1.82) is 0 Å². The first-order chi connectivity index (χ1) is 9.07. The normalized spacial score (nSPS) is 18.0. The summed E-state index contributed by atoms with van der Waals surface area (Å²) in [6, 6.07) is 0. The highest BCUT2D eigenvalue weighted by molar-refractivity contribution is 5.87. The van der Waals surface area contributed by atoms with Crippen LogP contribution in [0.2, 0.25) is 0 Å². The first kappa shape index (κ1) is 12.2. The Labute approximate surface area is 110 Å². The molecule has 1 aliphatic carbocycles. The van der Waals surface area contributed by atoms with Gasteiger partial charge in [0.15, 0.2) is 5.65 Å². The number of anilines is 2. The quantitative estimate of drug-likeness (QED) is 0.751. The van der Waals surface area contributed by atoms with Gasteiger partial charge in [0.05, 0.1) is 17.2 Å². The monoisotopic (exact) mass is 262 g/mol. The van der Waals surface area contributed by atoms with Crippen molar-refractivity contribution in [3.63, 3.8) is 0 Å². The van der Waals surface area contributed by atoms with Crippen molar-refractivity contribution in [2.45, 2.75) is 31.3 Å². The number of nitrogens with two attached hydrogens (primary N) is 1. The highest BCUT2D eigenvalue weighted by Crippen LogP contribution is 2.32. The average molecular weight is 262 g/mol. The number of nitrogens with one attached hydrogen (secondary N) is 1. The van der Waals surface area contributed by atoms with Gasteiger partial charge in [-0.15, -0.1) is 0 Å². The van der Waals surface area contributed by atoms with E-state index >= 15 is 0 Å². The number of fused-ring (bicyclic) bond motifs is 1. The maximum atomic E-state index is 10.5. The molecule has 0 saturated heterocycles. The van der Waals surface area contributed by atoms with Crippen molar-refractivity contribution >= 4 is 22.8 Å². The molecule has 1 aliphatic rings. The van der Waals surface area contributed by atoms with Crippen molar-refractivity contribution < 1.29 is 5.11 Å². The van der Waals surface area contributed by atoms with Gasteiger partial charge in [0, 0.05) is 13.6 Å². The molecule has 1 saturated carbocycles. The average Bonchev–Trinajstić information content (AvgIpc) is 2.96. The molecule has 7 heteroatoms. The van der Waals surface area contributed by atoms with Crippen LogP contribution in [0.3, 0.4) is 0 Å². The van der Waals surface area contributed by atoms with E-state index in [1.807, 2.05) is 11.9 Å². The maximum absolute atomic E-state index is 10.5. The highest BCUT2D eigenvalue weighted by atomic mass is 16.3. The summed E-state index contributed by atoms with van der Waals surface area (Å²) < 4.78 is 0. The molecule has 0 radical (unpaired) electrons. The number of rotatable bonds is 3. The zero-order chi connectivity index (χ0) is 13.5. The topological polar surface area (TPSA) is 104 Å². The number of aromatic amines is 1. The fraction of sp³-hybridized carbons (Fsp3) is 0.583. The number of likely N-dealkylation sites (N-methyl/N-ethyl adjacent to an activating group) is 1. The van der Waals surface area contributed by atoms with Crippen molar-refractivity contribution in [2.24, 2.45) is 0 Å². The van der Waals surface area contributed by atoms with E-state index in [0.29, 0.717) is 18.0 Å². The van der Waals surface area contributed by atoms with E-state index in [-0.39, 0.29) is 5.95 Å². The second-order valence-corrected chi connectivity index (χ2v) is 5.33. The minimum atomic E-state index is -0.621. The van der Waals surface area contributed by atoms with E-state index in [9.17, 15) is 5.11 Å². The molecule has 0 aromatic carbocycles. The van der Waals surface area contributed by atoms with Gasteiger partial charge in [-0.2, -0.15) is 15.1 Å². The lowest BCUT2D eigenvalue weighted by Crippen LogP contribution is -2.39. The summed E-state index contributed by atoms with van der Waals surface area (Å²) in [4.78, 5) is 10.3. The molecule has 0 aliphatic heterocycles. The summed E-state index contributed by atoms with van der Waals surface area (Å²) >= 11 is 0. The first-order valence-corrected chi connectivity index (χ1v) is 6.47. The second kappa shape index (κ2) is 4.34. The summed E-state index contributed by atoms with van der Waals surface area (Å²) in [6.07, 6.45) is 5.52. The van der Waals surface area contributed by atoms with E-state index < -0.39 is 5.60 Å². The third-order valence-electron chi connectivity index (χ3n) is 3.73. The van der Waals surface area contributed by atoms with Crippen LogP contribution in [0.1, 0.15) is 25.7 Å². The third-order valence-corrected chi connectivity index (χ3v) is 3.73. The maximum Gasteiger partial charge on any atom is 0.224 e. The minimum Gasteiger partial charge on any atom is -0.388 e. The molecular weight excluding hydrogens is 244 g/mol. The predicted octanol–water partition coefficient (Wildman–Crippen LogP) is 0.676. The molecule has 2 aromatic heterocycles. The van der Waals surface area contributed by atoms with Crippen LogP contribution in [0, 0.1) is 0 Å². The number of hydrogen-bond acceptors (Lipinski definition) is 6. The summed E-state index contributed by atoms with van der Waals surface area (Å²) in [5, 5.41) is 18.0. The van der Waals surface area contributed by atoms with Crippen LogP contribution in [0.15, 0.2) is 6.20 Å². The zero-order valence-corrected chi connectivity index (χ0v) is 10.9. The van der Waals surface area contributed by atoms with Crippen molar-refractivity contribution in [3.8, 4) is 0 Å². The molecule has 0 amide bonds. The highest BCUT2D eigenvalue weighted by Gasteiger charge is 2.33. The van der Waals surface area contributed by atoms with Gasteiger partial charge in [-0.1, -0.05) is 12.8 Å². The third kappa shape index (κ3) is 2.21. The number of aromatic nitrogens is 4. The Morgan fingerprint density at radius 1 is 1.42 bits per heavy atom. The van der Waals surface area contributed by atoms with Gasteiger partial charge in [0.2, 0.25) is 5.95 Å². The van der Waals surface area contributed by atoms with Gasteiger partial charge >= 0.3 is 0 Å². The lowest BCUT2D eigenvalue weighted by molar-refractivity contribution is 0.0558. The molecule has 3 rings (SSSR count). The number of hydrogen-bond donors (Lipinski definition) is 3. The number of H-pyrrole nitrogens is 1. The minimum absolute atomic E-state index is 0.206. The van der Waals surface area contributed by atoms with Gasteiger partial charge < -0.3 is 15.7 Å². The molecule has 4 N–H and O–H groups in total. The van der Waals surface area contributed by atoms with E-state index in [1.165, 1.54) is 0 Å². The molecular formula is C12H18N6O. The van der Waals surface area contributed by atoms with Gasteiger partial charge in [-0.3, -0.25) is 5.10 Å². The molecule has 2 heterocycles. The Bertz CT molecular complexity index is 589. The van der Waals surface area contributed by atoms with Crippen LogP contribution in [0.4, 0.5) is 11.8 Å². The van der Waals surface area contributed by atoms with Crippen molar-refractivity contribution in [1.82, 2.24) is 20.2 Å². The molecule has 1 fully saturated rings. The van der Waals surface area contributed by atoms with Gasteiger partial charge in [-0.25, -0.2) is 0 Å². The fourth-order valence-electron chi connectivity index (χ4n) is 2.84. The zero-order valence-electron chi connectivity index (χ0n) is 10.9. The van der Waals surface area contributed by atoms with E-state index in [4.69, 9.17) is 5.73 Å². The lowest BCUT2D eigenvalue weighted by Gasteiger charge is -2.29. The van der Waals surface area contributed by atoms with Crippen LogP contribution in [0.25, 0.3) is 11.0 Å². The Morgan fingerprint density at radius 3 is 2.89 bits per heavy atom. The summed E-state index contributed by atoms with van der Waals surface area (Å²) in [6.45, 7) is 0.545. The van der Waals surface area contributed by atoms with E-state index in [2.05, 4.69) is 20.2 Å². The fourth-order valence-corrected chi connectivity index (χ4v) is 2.84. The second-order valence-electron chi connectivity index (χ2n) is 5.33. The summed E-state index contributed by atoms with van der Waals surface area (Å²) in [7, 11) is 1.91. The van der Waals surface area contributed by atoms with Crippen LogP contribution >= 0.6 is 0 Å². The predicted molar refractivity (Wildman–Crippen MR) is 72.8 cm³/mol. The Hall–Kier alpha value is -1.89. The molecule has 102 valence electrons. The number of nitrogens with zero attached hydrogens (tertiary/aromatic N) is 4. The van der Waals surface area contributed by atoms with E-state index in [1.54, 1.807) is 6.20 Å². The van der Waals surface area contributed by atoms with Crippen LogP contribution in [-0.2, 0) is 0 Å². The standard InChI is InChI=1S/C12H18N6O/c1-18(7-12(19)4-2-3-5-12)10-8-6-14-17-9(8)15-11(13)16-10/h6,19H,2-5,7H2,1H3,(H3,13,14,15,16,17). The van der Waals surface area contributed by atoms with Gasteiger partial charge in [0.25, 0.3) is 0 Å². The van der Waals surface area contributed by atoms with Crippen molar-refractivity contribution in [3.05, 3.63) is 6.20 Å². The first-order valence-electron chi connectivity index (χ1n) is 6.47. The van der Waals surface area contributed by atoms with Crippen LogP contribution < -0.4 is 10.6 Å². The summed E-state index contributed by atoms with van der Waals surface area (Å²) in [5.41, 5.74) is 5.70. The van der Waals surface area contributed by atoms with Crippen molar-refractivity contribution in [2.75, 3.05) is 24.2 Å². The van der Waals surface area contributed by atoms with Gasteiger partial charge in [-0.05, 0) is 12.8 Å². The van der Waals surface area contributed by atoms with Gasteiger partial charge in [0.1, 0.15) is 5.82 Å².